The van der Waals surface area contributed by atoms with Crippen molar-refractivity contribution in [3.8, 4) is 0 Å². The van der Waals surface area contributed by atoms with Crippen molar-refractivity contribution in [1.82, 2.24) is 4.98 Å². The summed E-state index contributed by atoms with van der Waals surface area (Å²) in [6.45, 7) is 2.14. The number of benzene rings is 1. The van der Waals surface area contributed by atoms with Crippen LogP contribution in [0.4, 0.5) is 0 Å². The van der Waals surface area contributed by atoms with Gasteiger partial charge in [-0.15, -0.1) is 0 Å². The summed E-state index contributed by atoms with van der Waals surface area (Å²) in [6.07, 6.45) is 6.79. The Kier molecular flexibility index (Phi) is 3.45. The lowest BCUT2D eigenvalue weighted by Crippen LogP contribution is -2.00. The van der Waals surface area contributed by atoms with Gasteiger partial charge < -0.3 is 0 Å². The number of rotatable bonds is 2. The van der Waals surface area contributed by atoms with Gasteiger partial charge in [-0.3, -0.25) is 4.98 Å². The monoisotopic (exact) mass is 249 g/mol. The van der Waals surface area contributed by atoms with Crippen LogP contribution in [-0.2, 0) is 0 Å². The van der Waals surface area contributed by atoms with Crippen LogP contribution in [-0.4, -0.2) is 4.98 Å². The van der Waals surface area contributed by atoms with Crippen molar-refractivity contribution >= 4 is 11.1 Å². The first kappa shape index (κ1) is 12.2. The van der Waals surface area contributed by atoms with Gasteiger partial charge in [0.15, 0.2) is 0 Å². The van der Waals surface area contributed by atoms with Crippen molar-refractivity contribution in [2.24, 2.45) is 0 Å². The molecule has 1 nitrogen and oxygen atoms in total. The minimum absolute atomic E-state index is 1.15. The summed E-state index contributed by atoms with van der Waals surface area (Å²) < 4.78 is 0. The predicted octanol–water partition coefficient (Wildman–Crippen LogP) is 4.87. The molecule has 0 bridgehead atoms. The minimum Gasteiger partial charge on any atom is -0.257 e. The summed E-state index contributed by atoms with van der Waals surface area (Å²) in [6, 6.07) is 15.1. The summed E-state index contributed by atoms with van der Waals surface area (Å²) in [4.78, 5) is 4.54. The van der Waals surface area contributed by atoms with Crippen LogP contribution in [0.2, 0.25) is 0 Å². The topological polar surface area (TPSA) is 12.9 Å². The van der Waals surface area contributed by atoms with Crippen LogP contribution in [0.1, 0.15) is 42.5 Å². The lowest BCUT2D eigenvalue weighted by atomic mass is 9.85. The maximum atomic E-state index is 4.54. The highest BCUT2D eigenvalue weighted by atomic mass is 14.7. The molecule has 1 heteroatoms. The number of pyridine rings is 1. The molecular weight excluding hydrogens is 230 g/mol. The molecule has 0 radical (unpaired) electrons. The van der Waals surface area contributed by atoms with Crippen molar-refractivity contribution < 1.29 is 0 Å². The third kappa shape index (κ3) is 2.60. The Morgan fingerprint density at radius 2 is 1.58 bits per heavy atom. The third-order valence-electron chi connectivity index (χ3n) is 3.84. The van der Waals surface area contributed by atoms with Gasteiger partial charge in [0.05, 0.1) is 5.69 Å². The molecule has 0 fully saturated rings. The second-order valence-electron chi connectivity index (χ2n) is 5.25. The number of hydrogen-bond acceptors (Lipinski definition) is 1. The Morgan fingerprint density at radius 1 is 0.842 bits per heavy atom. The van der Waals surface area contributed by atoms with E-state index < -0.39 is 0 Å². The fourth-order valence-corrected chi connectivity index (χ4v) is 2.80. The Labute approximate surface area is 115 Å². The largest absolute Gasteiger partial charge is 0.257 e. The van der Waals surface area contributed by atoms with Crippen LogP contribution in [0.5, 0.6) is 0 Å². The van der Waals surface area contributed by atoms with E-state index in [1.54, 1.807) is 0 Å². The molecule has 0 saturated carbocycles. The number of aryl methyl sites for hydroxylation is 1. The molecular formula is C18H19N. The quantitative estimate of drug-likeness (QED) is 0.739. The van der Waals surface area contributed by atoms with Crippen LogP contribution >= 0.6 is 0 Å². The van der Waals surface area contributed by atoms with Gasteiger partial charge in [-0.2, -0.15) is 0 Å². The fraction of sp³-hybridized carbons (Fsp3) is 0.278. The fourth-order valence-electron chi connectivity index (χ4n) is 2.80. The summed E-state index contributed by atoms with van der Waals surface area (Å²) in [5.41, 5.74) is 6.77. The van der Waals surface area contributed by atoms with E-state index in [2.05, 4.69) is 48.3 Å². The zero-order valence-electron chi connectivity index (χ0n) is 11.4. The molecule has 96 valence electrons. The van der Waals surface area contributed by atoms with E-state index in [1.807, 2.05) is 12.3 Å². The van der Waals surface area contributed by atoms with Gasteiger partial charge in [0, 0.05) is 6.20 Å². The molecule has 1 aromatic heterocycles. The van der Waals surface area contributed by atoms with Crippen LogP contribution < -0.4 is 0 Å². The number of hydrogen-bond donors (Lipinski definition) is 0. The standard InChI is InChI=1S/C18H19N/c1-14-9-11-15(12-10-14)16-6-2-3-7-17(16)18-8-4-5-13-19-18/h4-5,8-13H,2-3,6-7H2,1H3. The molecule has 2 aromatic rings. The number of aromatic nitrogens is 1. The van der Waals surface area contributed by atoms with E-state index in [0.717, 1.165) is 12.1 Å². The van der Waals surface area contributed by atoms with Crippen molar-refractivity contribution in [2.75, 3.05) is 0 Å². The molecule has 1 heterocycles. The Hall–Kier alpha value is -1.89. The molecule has 0 spiro atoms. The summed E-state index contributed by atoms with van der Waals surface area (Å²) >= 11 is 0. The molecule has 1 aliphatic carbocycles. The van der Waals surface area contributed by atoms with E-state index >= 15 is 0 Å². The molecule has 19 heavy (non-hydrogen) atoms. The second kappa shape index (κ2) is 5.40. The van der Waals surface area contributed by atoms with E-state index in [9.17, 15) is 0 Å². The summed E-state index contributed by atoms with van der Waals surface area (Å²) in [7, 11) is 0. The predicted molar refractivity (Wildman–Crippen MR) is 80.7 cm³/mol. The zero-order valence-corrected chi connectivity index (χ0v) is 11.4. The molecule has 0 aliphatic heterocycles. The summed E-state index contributed by atoms with van der Waals surface area (Å²) in [5, 5.41) is 0. The molecule has 0 unspecified atom stereocenters. The highest BCUT2D eigenvalue weighted by Gasteiger charge is 2.16. The first-order valence-electron chi connectivity index (χ1n) is 7.05. The Bertz CT molecular complexity index is 579. The molecule has 0 N–H and O–H groups in total. The average Bonchev–Trinajstić information content (AvgIpc) is 2.49. The van der Waals surface area contributed by atoms with E-state index in [1.165, 1.54) is 41.5 Å². The summed E-state index contributed by atoms with van der Waals surface area (Å²) in [5.74, 6) is 0. The van der Waals surface area contributed by atoms with E-state index in [4.69, 9.17) is 0 Å². The number of nitrogens with zero attached hydrogens (tertiary/aromatic N) is 1. The van der Waals surface area contributed by atoms with E-state index in [0.29, 0.717) is 0 Å². The van der Waals surface area contributed by atoms with Crippen LogP contribution in [0.25, 0.3) is 11.1 Å². The van der Waals surface area contributed by atoms with E-state index in [-0.39, 0.29) is 0 Å². The van der Waals surface area contributed by atoms with Gasteiger partial charge in [-0.1, -0.05) is 35.9 Å². The molecule has 1 aliphatic rings. The minimum atomic E-state index is 1.15. The second-order valence-corrected chi connectivity index (χ2v) is 5.25. The number of allylic oxidation sites excluding steroid dienone is 2. The van der Waals surface area contributed by atoms with Crippen LogP contribution in [0.3, 0.4) is 0 Å². The normalized spacial score (nSPS) is 15.6. The first-order chi connectivity index (χ1) is 9.34. The van der Waals surface area contributed by atoms with Gasteiger partial charge in [0.2, 0.25) is 0 Å². The van der Waals surface area contributed by atoms with Crippen LogP contribution in [0.15, 0.2) is 48.7 Å². The lowest BCUT2D eigenvalue weighted by molar-refractivity contribution is 0.751. The molecule has 0 atom stereocenters. The van der Waals surface area contributed by atoms with Gasteiger partial charge >= 0.3 is 0 Å². The molecule has 3 rings (SSSR count). The highest BCUT2D eigenvalue weighted by Crippen LogP contribution is 2.37. The Morgan fingerprint density at radius 3 is 2.26 bits per heavy atom. The van der Waals surface area contributed by atoms with Gasteiger partial charge in [0.1, 0.15) is 0 Å². The lowest BCUT2D eigenvalue weighted by Gasteiger charge is -2.20. The Balaban J connectivity index is 2.08. The van der Waals surface area contributed by atoms with Crippen molar-refractivity contribution in [3.63, 3.8) is 0 Å². The van der Waals surface area contributed by atoms with Gasteiger partial charge in [0.25, 0.3) is 0 Å². The van der Waals surface area contributed by atoms with Crippen LogP contribution in [0, 0.1) is 6.92 Å². The molecule has 1 aromatic carbocycles. The maximum Gasteiger partial charge on any atom is 0.0664 e. The van der Waals surface area contributed by atoms with Gasteiger partial charge in [-0.25, -0.2) is 0 Å². The molecule has 0 amide bonds. The highest BCUT2D eigenvalue weighted by molar-refractivity contribution is 5.90. The molecule has 0 saturated heterocycles. The van der Waals surface area contributed by atoms with Crippen molar-refractivity contribution in [1.29, 1.82) is 0 Å². The van der Waals surface area contributed by atoms with Crippen molar-refractivity contribution in [3.05, 3.63) is 65.5 Å². The van der Waals surface area contributed by atoms with Gasteiger partial charge in [-0.05, 0) is 61.4 Å². The zero-order chi connectivity index (χ0) is 13.1. The SMILES string of the molecule is Cc1ccc(C2=C(c3ccccn3)CCCC2)cc1. The first-order valence-corrected chi connectivity index (χ1v) is 7.05. The maximum absolute atomic E-state index is 4.54. The van der Waals surface area contributed by atoms with Crippen molar-refractivity contribution in [2.45, 2.75) is 32.6 Å². The smallest absolute Gasteiger partial charge is 0.0664 e. The average molecular weight is 249 g/mol. The third-order valence-corrected chi connectivity index (χ3v) is 3.84.